The van der Waals surface area contributed by atoms with E-state index in [2.05, 4.69) is 0 Å². The smallest absolute Gasteiger partial charge is 0.322 e. The number of ketones is 2. The highest BCUT2D eigenvalue weighted by Gasteiger charge is 2.44. The molecule has 0 aromatic heterocycles. The van der Waals surface area contributed by atoms with Crippen molar-refractivity contribution in [3.63, 3.8) is 0 Å². The Hall–Kier alpha value is -2.21. The Morgan fingerprint density at radius 2 is 1.95 bits per heavy atom. The number of rotatable bonds is 3. The summed E-state index contributed by atoms with van der Waals surface area (Å²) < 4.78 is 0. The number of carbonyl (C=O) groups is 4. The first-order valence-corrected chi connectivity index (χ1v) is 5.67. The molecule has 0 fully saturated rings. The molecule has 0 saturated heterocycles. The quantitative estimate of drug-likeness (QED) is 0.787. The lowest BCUT2D eigenvalue weighted by Gasteiger charge is -2.06. The molecule has 1 atom stereocenters. The van der Waals surface area contributed by atoms with Crippen LogP contribution in [0, 0.1) is 5.92 Å². The number of amides is 1. The van der Waals surface area contributed by atoms with Crippen LogP contribution in [0.4, 0.5) is 0 Å². The summed E-state index contributed by atoms with van der Waals surface area (Å²) in [6, 6.07) is 4.36. The molecule has 0 radical (unpaired) electrons. The summed E-state index contributed by atoms with van der Waals surface area (Å²) in [4.78, 5) is 46.0. The van der Waals surface area contributed by atoms with Gasteiger partial charge in [0.05, 0.1) is 5.02 Å². The second-order valence-electron chi connectivity index (χ2n) is 3.94. The minimum Gasteiger partial charge on any atom is -0.480 e. The van der Waals surface area contributed by atoms with E-state index in [4.69, 9.17) is 16.7 Å². The topological polar surface area (TPSA) is 101 Å². The first-order valence-electron chi connectivity index (χ1n) is 5.30. The van der Waals surface area contributed by atoms with Crippen molar-refractivity contribution in [2.24, 2.45) is 5.92 Å². The molecule has 7 heteroatoms. The van der Waals surface area contributed by atoms with Crippen LogP contribution in [0.1, 0.15) is 20.7 Å². The lowest BCUT2D eigenvalue weighted by Crippen LogP contribution is -2.39. The van der Waals surface area contributed by atoms with Gasteiger partial charge >= 0.3 is 5.97 Å². The Kier molecular flexibility index (Phi) is 3.35. The predicted octanol–water partition coefficient (Wildman–Crippen LogP) is 0.536. The summed E-state index contributed by atoms with van der Waals surface area (Å²) in [6.45, 7) is -0.653. The van der Waals surface area contributed by atoms with Crippen molar-refractivity contribution >= 4 is 35.0 Å². The molecule has 0 heterocycles. The minimum absolute atomic E-state index is 0.0182. The number of Topliss-reactive ketones (excluding diaryl/α,β-unsaturated/α-hetero) is 2. The summed E-state index contributed by atoms with van der Waals surface area (Å²) in [5.74, 6) is -5.10. The standard InChI is InChI=1S/C12H8ClNO5/c13-6-3-1-2-5-8(6)11(18)9(10(5)17)12(19)14-4-7(15)16/h1-3,9H,4H2,(H,14,19)(H,15,16). The molecule has 0 bridgehead atoms. The van der Waals surface area contributed by atoms with Gasteiger partial charge in [0.1, 0.15) is 6.54 Å². The van der Waals surface area contributed by atoms with Gasteiger partial charge in [-0.3, -0.25) is 19.2 Å². The maximum Gasteiger partial charge on any atom is 0.322 e. The molecule has 98 valence electrons. The molecule has 2 rings (SSSR count). The molecule has 0 saturated carbocycles. The van der Waals surface area contributed by atoms with Gasteiger partial charge in [0.2, 0.25) is 5.91 Å². The average Bonchev–Trinajstić information content (AvgIpc) is 2.60. The number of hydrogen-bond acceptors (Lipinski definition) is 4. The van der Waals surface area contributed by atoms with Crippen LogP contribution in [0.15, 0.2) is 18.2 Å². The molecule has 2 N–H and O–H groups in total. The van der Waals surface area contributed by atoms with Crippen LogP contribution >= 0.6 is 11.6 Å². The number of carbonyl (C=O) groups excluding carboxylic acids is 3. The van der Waals surface area contributed by atoms with Gasteiger partial charge in [0.25, 0.3) is 0 Å². The van der Waals surface area contributed by atoms with Crippen LogP contribution in [0.2, 0.25) is 5.02 Å². The van der Waals surface area contributed by atoms with E-state index in [1.54, 1.807) is 0 Å². The normalized spacial score (nSPS) is 17.2. The third-order valence-corrected chi connectivity index (χ3v) is 3.04. The highest BCUT2D eigenvalue weighted by Crippen LogP contribution is 2.32. The molecule has 1 aromatic rings. The van der Waals surface area contributed by atoms with Gasteiger partial charge in [-0.05, 0) is 6.07 Å². The van der Waals surface area contributed by atoms with Gasteiger partial charge in [0.15, 0.2) is 17.5 Å². The van der Waals surface area contributed by atoms with E-state index < -0.39 is 35.9 Å². The Morgan fingerprint density at radius 1 is 1.26 bits per heavy atom. The lowest BCUT2D eigenvalue weighted by molar-refractivity contribution is -0.138. The van der Waals surface area contributed by atoms with Crippen molar-refractivity contribution in [2.45, 2.75) is 0 Å². The van der Waals surface area contributed by atoms with Gasteiger partial charge in [-0.1, -0.05) is 23.7 Å². The predicted molar refractivity (Wildman–Crippen MR) is 64.2 cm³/mol. The average molecular weight is 282 g/mol. The van der Waals surface area contributed by atoms with Crippen molar-refractivity contribution < 1.29 is 24.3 Å². The Labute approximate surface area is 112 Å². The van der Waals surface area contributed by atoms with Crippen molar-refractivity contribution in [1.82, 2.24) is 5.32 Å². The summed E-state index contributed by atoms with van der Waals surface area (Å²) in [5, 5.41) is 10.6. The summed E-state index contributed by atoms with van der Waals surface area (Å²) in [6.07, 6.45) is 0. The van der Waals surface area contributed by atoms with Crippen LogP contribution in [0.5, 0.6) is 0 Å². The monoisotopic (exact) mass is 281 g/mol. The zero-order chi connectivity index (χ0) is 14.2. The lowest BCUT2D eigenvalue weighted by atomic mass is 10.0. The Balaban J connectivity index is 2.30. The van der Waals surface area contributed by atoms with Crippen LogP contribution < -0.4 is 5.32 Å². The molecule has 1 amide bonds. The molecule has 1 aliphatic rings. The molecular formula is C12H8ClNO5. The van der Waals surface area contributed by atoms with E-state index in [9.17, 15) is 19.2 Å². The third-order valence-electron chi connectivity index (χ3n) is 2.73. The molecular weight excluding hydrogens is 274 g/mol. The van der Waals surface area contributed by atoms with Gasteiger partial charge in [-0.2, -0.15) is 0 Å². The van der Waals surface area contributed by atoms with E-state index in [1.807, 2.05) is 5.32 Å². The van der Waals surface area contributed by atoms with Crippen LogP contribution in [0.25, 0.3) is 0 Å². The Bertz CT molecular complexity index is 610. The maximum absolute atomic E-state index is 12.0. The molecule has 6 nitrogen and oxygen atoms in total. The zero-order valence-corrected chi connectivity index (χ0v) is 10.2. The van der Waals surface area contributed by atoms with Crippen molar-refractivity contribution in [2.75, 3.05) is 6.54 Å². The summed E-state index contributed by atoms with van der Waals surface area (Å²) in [5.41, 5.74) is 0.109. The number of aliphatic carboxylic acids is 1. The van der Waals surface area contributed by atoms with E-state index in [1.165, 1.54) is 18.2 Å². The highest BCUT2D eigenvalue weighted by molar-refractivity contribution is 6.42. The molecule has 1 aliphatic carbocycles. The maximum atomic E-state index is 12.0. The van der Waals surface area contributed by atoms with Gasteiger partial charge in [-0.15, -0.1) is 0 Å². The first-order chi connectivity index (χ1) is 8.93. The minimum atomic E-state index is -1.55. The molecule has 1 aromatic carbocycles. The number of carboxylic acids is 1. The fourth-order valence-electron chi connectivity index (χ4n) is 1.90. The van der Waals surface area contributed by atoms with Gasteiger partial charge < -0.3 is 10.4 Å². The fourth-order valence-corrected chi connectivity index (χ4v) is 2.17. The highest BCUT2D eigenvalue weighted by atomic mass is 35.5. The van der Waals surface area contributed by atoms with Gasteiger partial charge in [-0.25, -0.2) is 0 Å². The number of fused-ring (bicyclic) bond motifs is 1. The number of carboxylic acid groups (broad SMARTS) is 1. The van der Waals surface area contributed by atoms with Crippen molar-refractivity contribution in [1.29, 1.82) is 0 Å². The molecule has 0 aliphatic heterocycles. The van der Waals surface area contributed by atoms with E-state index >= 15 is 0 Å². The van der Waals surface area contributed by atoms with E-state index in [0.29, 0.717) is 0 Å². The molecule has 0 spiro atoms. The second kappa shape index (κ2) is 4.81. The van der Waals surface area contributed by atoms with E-state index in [0.717, 1.165) is 0 Å². The van der Waals surface area contributed by atoms with Crippen molar-refractivity contribution in [3.8, 4) is 0 Å². The number of nitrogens with one attached hydrogen (secondary N) is 1. The van der Waals surface area contributed by atoms with Gasteiger partial charge in [0, 0.05) is 11.1 Å². The zero-order valence-electron chi connectivity index (χ0n) is 9.47. The molecule has 1 unspecified atom stereocenters. The van der Waals surface area contributed by atoms with Crippen LogP contribution in [-0.4, -0.2) is 35.1 Å². The van der Waals surface area contributed by atoms with E-state index in [-0.39, 0.29) is 16.1 Å². The summed E-state index contributed by atoms with van der Waals surface area (Å²) >= 11 is 5.83. The van der Waals surface area contributed by atoms with Crippen LogP contribution in [0.3, 0.4) is 0 Å². The van der Waals surface area contributed by atoms with Crippen molar-refractivity contribution in [3.05, 3.63) is 34.3 Å². The number of hydrogen-bond donors (Lipinski definition) is 2. The largest absolute Gasteiger partial charge is 0.480 e. The first kappa shape index (κ1) is 13.2. The SMILES string of the molecule is O=C(O)CNC(=O)C1C(=O)c2cccc(Cl)c2C1=O. The number of benzene rings is 1. The third kappa shape index (κ3) is 2.22. The van der Waals surface area contributed by atoms with Crippen LogP contribution in [-0.2, 0) is 9.59 Å². The number of halogens is 1. The fraction of sp³-hybridized carbons (Fsp3) is 0.167. The second-order valence-corrected chi connectivity index (χ2v) is 4.34. The Morgan fingerprint density at radius 3 is 2.53 bits per heavy atom. The summed E-state index contributed by atoms with van der Waals surface area (Å²) in [7, 11) is 0. The molecule has 19 heavy (non-hydrogen) atoms.